The number of nitrogens with one attached hydrogen (secondary N) is 1. The van der Waals surface area contributed by atoms with Gasteiger partial charge in [-0.25, -0.2) is 0 Å². The minimum atomic E-state index is -0.0147. The van der Waals surface area contributed by atoms with Crippen LogP contribution in [-0.4, -0.2) is 41.5 Å². The van der Waals surface area contributed by atoms with Crippen molar-refractivity contribution in [3.63, 3.8) is 0 Å². The highest BCUT2D eigenvalue weighted by Gasteiger charge is 2.44. The predicted molar refractivity (Wildman–Crippen MR) is 122 cm³/mol. The summed E-state index contributed by atoms with van der Waals surface area (Å²) in [5, 5.41) is 4.06. The average Bonchev–Trinajstić information content (AvgIpc) is 3.50. The number of likely N-dealkylation sites (N-methyl/N-ethyl adjacent to an activating group) is 1. The first-order valence-electron chi connectivity index (χ1n) is 10.9. The van der Waals surface area contributed by atoms with Gasteiger partial charge in [0.2, 0.25) is 11.8 Å². The third-order valence-electron chi connectivity index (χ3n) is 6.11. The molecular formula is C25H29N3O3. The van der Waals surface area contributed by atoms with Crippen molar-refractivity contribution in [1.29, 1.82) is 0 Å². The molecule has 0 saturated heterocycles. The third-order valence-corrected chi connectivity index (χ3v) is 6.11. The molecule has 1 aliphatic carbocycles. The van der Waals surface area contributed by atoms with E-state index in [0.717, 1.165) is 34.3 Å². The van der Waals surface area contributed by atoms with E-state index in [1.54, 1.807) is 7.11 Å². The zero-order valence-electron chi connectivity index (χ0n) is 18.3. The van der Waals surface area contributed by atoms with Gasteiger partial charge in [0.25, 0.3) is 0 Å². The lowest BCUT2D eigenvalue weighted by molar-refractivity contribution is -0.131. The Labute approximate surface area is 182 Å². The second kappa shape index (κ2) is 8.84. The molecule has 2 aromatic carbocycles. The second-order valence-corrected chi connectivity index (χ2v) is 8.00. The molecular weight excluding hydrogens is 390 g/mol. The average molecular weight is 420 g/mol. The van der Waals surface area contributed by atoms with Crippen LogP contribution in [0.5, 0.6) is 5.75 Å². The lowest BCUT2D eigenvalue weighted by Crippen LogP contribution is -2.33. The van der Waals surface area contributed by atoms with E-state index in [4.69, 9.17) is 4.74 Å². The van der Waals surface area contributed by atoms with Crippen LogP contribution in [0.4, 0.5) is 5.69 Å². The van der Waals surface area contributed by atoms with Gasteiger partial charge in [0, 0.05) is 41.8 Å². The fourth-order valence-corrected chi connectivity index (χ4v) is 4.20. The molecule has 1 aliphatic rings. The van der Waals surface area contributed by atoms with Crippen molar-refractivity contribution in [1.82, 2.24) is 9.47 Å². The number of fused-ring (bicyclic) bond motifs is 1. The molecule has 0 spiro atoms. The van der Waals surface area contributed by atoms with Crippen molar-refractivity contribution in [2.45, 2.75) is 32.7 Å². The fraction of sp³-hybridized carbons (Fsp3) is 0.360. The largest absolute Gasteiger partial charge is 0.497 e. The first kappa shape index (κ1) is 21.0. The van der Waals surface area contributed by atoms with Crippen molar-refractivity contribution in [3.05, 3.63) is 60.3 Å². The van der Waals surface area contributed by atoms with Gasteiger partial charge >= 0.3 is 0 Å². The molecule has 162 valence electrons. The van der Waals surface area contributed by atoms with Gasteiger partial charge < -0.3 is 19.5 Å². The molecule has 6 heteroatoms. The SMILES string of the molecule is CCN(CC)C(=O)Cn1ccc2cc(NC(=O)C3CC3c3cccc(OC)c3)ccc21. The second-order valence-electron chi connectivity index (χ2n) is 8.00. The first-order chi connectivity index (χ1) is 15.0. The monoisotopic (exact) mass is 419 g/mol. The molecule has 0 bridgehead atoms. The summed E-state index contributed by atoms with van der Waals surface area (Å²) in [7, 11) is 1.65. The van der Waals surface area contributed by atoms with Crippen LogP contribution in [0.3, 0.4) is 0 Å². The summed E-state index contributed by atoms with van der Waals surface area (Å²) < 4.78 is 7.25. The third kappa shape index (κ3) is 4.43. The van der Waals surface area contributed by atoms with Gasteiger partial charge in [0.05, 0.1) is 7.11 Å². The van der Waals surface area contributed by atoms with Crippen LogP contribution >= 0.6 is 0 Å². The number of nitrogens with zero attached hydrogens (tertiary/aromatic N) is 2. The van der Waals surface area contributed by atoms with E-state index in [-0.39, 0.29) is 23.7 Å². The van der Waals surface area contributed by atoms with E-state index in [0.29, 0.717) is 19.6 Å². The van der Waals surface area contributed by atoms with Gasteiger partial charge in [0.15, 0.2) is 0 Å². The zero-order chi connectivity index (χ0) is 22.0. The Hall–Kier alpha value is -3.28. The van der Waals surface area contributed by atoms with Crippen molar-refractivity contribution >= 4 is 28.4 Å². The summed E-state index contributed by atoms with van der Waals surface area (Å²) in [5.74, 6) is 1.20. The standard InChI is InChI=1S/C25H29N3O3/c1-4-27(5-2)24(29)16-28-12-11-18-13-19(9-10-23(18)28)26-25(30)22-15-21(22)17-7-6-8-20(14-17)31-3/h6-14,21-22H,4-5,15-16H2,1-3H3,(H,26,30). The number of amides is 2. The van der Waals surface area contributed by atoms with Crippen molar-refractivity contribution < 1.29 is 14.3 Å². The van der Waals surface area contributed by atoms with E-state index in [2.05, 4.69) is 11.4 Å². The van der Waals surface area contributed by atoms with E-state index in [9.17, 15) is 9.59 Å². The Bertz CT molecular complexity index is 1100. The number of methoxy groups -OCH3 is 1. The number of hydrogen-bond acceptors (Lipinski definition) is 3. The lowest BCUT2D eigenvalue weighted by Gasteiger charge is -2.19. The quantitative estimate of drug-likeness (QED) is 0.593. The topological polar surface area (TPSA) is 63.6 Å². The number of rotatable bonds is 8. The molecule has 2 amide bonds. The minimum Gasteiger partial charge on any atom is -0.497 e. The van der Waals surface area contributed by atoms with Gasteiger partial charge in [-0.1, -0.05) is 12.1 Å². The summed E-state index contributed by atoms with van der Waals surface area (Å²) >= 11 is 0. The van der Waals surface area contributed by atoms with Crippen molar-refractivity contribution in [3.8, 4) is 5.75 Å². The first-order valence-corrected chi connectivity index (χ1v) is 10.9. The van der Waals surface area contributed by atoms with Gasteiger partial charge in [-0.2, -0.15) is 0 Å². The number of carbonyl (C=O) groups excluding carboxylic acids is 2. The van der Waals surface area contributed by atoms with Crippen LogP contribution in [0.2, 0.25) is 0 Å². The summed E-state index contributed by atoms with van der Waals surface area (Å²) in [4.78, 5) is 27.0. The number of ether oxygens (including phenoxy) is 1. The van der Waals surface area contributed by atoms with Crippen LogP contribution in [0, 0.1) is 5.92 Å². The summed E-state index contributed by atoms with van der Waals surface area (Å²) in [6.45, 7) is 5.72. The number of carbonyl (C=O) groups is 2. The number of benzene rings is 2. The molecule has 1 fully saturated rings. The highest BCUT2D eigenvalue weighted by molar-refractivity contribution is 5.97. The molecule has 1 heterocycles. The molecule has 1 aromatic heterocycles. The Balaban J connectivity index is 1.41. The summed E-state index contributed by atoms with van der Waals surface area (Å²) in [5.41, 5.74) is 2.91. The molecule has 0 aliphatic heterocycles. The lowest BCUT2D eigenvalue weighted by atomic mass is 10.1. The molecule has 4 rings (SSSR count). The smallest absolute Gasteiger partial charge is 0.242 e. The minimum absolute atomic E-state index is 0.0147. The number of aromatic nitrogens is 1. The van der Waals surface area contributed by atoms with E-state index < -0.39 is 0 Å². The molecule has 6 nitrogen and oxygen atoms in total. The fourth-order valence-electron chi connectivity index (χ4n) is 4.20. The highest BCUT2D eigenvalue weighted by Crippen LogP contribution is 2.48. The van der Waals surface area contributed by atoms with Gasteiger partial charge in [-0.3, -0.25) is 9.59 Å². The number of hydrogen-bond donors (Lipinski definition) is 1. The molecule has 3 aromatic rings. The van der Waals surface area contributed by atoms with E-state index in [1.165, 1.54) is 0 Å². The molecule has 1 saturated carbocycles. The van der Waals surface area contributed by atoms with Crippen molar-refractivity contribution in [2.75, 3.05) is 25.5 Å². The van der Waals surface area contributed by atoms with E-state index in [1.807, 2.05) is 72.0 Å². The van der Waals surface area contributed by atoms with Crippen LogP contribution < -0.4 is 10.1 Å². The van der Waals surface area contributed by atoms with Crippen LogP contribution in [-0.2, 0) is 16.1 Å². The molecule has 1 N–H and O–H groups in total. The van der Waals surface area contributed by atoms with Crippen molar-refractivity contribution in [2.24, 2.45) is 5.92 Å². The van der Waals surface area contributed by atoms with Crippen LogP contribution in [0.15, 0.2) is 54.7 Å². The maximum absolute atomic E-state index is 12.7. The highest BCUT2D eigenvalue weighted by atomic mass is 16.5. The molecule has 2 atom stereocenters. The Kier molecular flexibility index (Phi) is 5.98. The van der Waals surface area contributed by atoms with Gasteiger partial charge in [-0.15, -0.1) is 0 Å². The molecule has 2 unspecified atom stereocenters. The Morgan fingerprint density at radius 2 is 1.94 bits per heavy atom. The zero-order valence-corrected chi connectivity index (χ0v) is 18.3. The van der Waals surface area contributed by atoms with Crippen LogP contribution in [0.1, 0.15) is 31.7 Å². The number of anilines is 1. The Morgan fingerprint density at radius 3 is 2.68 bits per heavy atom. The Morgan fingerprint density at radius 1 is 1.13 bits per heavy atom. The van der Waals surface area contributed by atoms with E-state index >= 15 is 0 Å². The summed E-state index contributed by atoms with van der Waals surface area (Å²) in [6.07, 6.45) is 2.78. The maximum Gasteiger partial charge on any atom is 0.242 e. The summed E-state index contributed by atoms with van der Waals surface area (Å²) in [6, 6.07) is 15.8. The molecule has 0 radical (unpaired) electrons. The predicted octanol–water partition coefficient (Wildman–Crippen LogP) is 4.26. The van der Waals surface area contributed by atoms with Crippen LogP contribution in [0.25, 0.3) is 10.9 Å². The van der Waals surface area contributed by atoms with Gasteiger partial charge in [0.1, 0.15) is 12.3 Å². The maximum atomic E-state index is 12.7. The normalized spacial score (nSPS) is 17.4. The molecule has 31 heavy (non-hydrogen) atoms. The van der Waals surface area contributed by atoms with Gasteiger partial charge in [-0.05, 0) is 68.1 Å².